The molecule has 0 aromatic carbocycles. The molecular weight excluding hydrogens is 394 g/mol. The highest BCUT2D eigenvalue weighted by molar-refractivity contribution is 7.19. The highest BCUT2D eigenvalue weighted by Gasteiger charge is 2.23. The van der Waals surface area contributed by atoms with E-state index in [0.29, 0.717) is 5.82 Å². The predicted molar refractivity (Wildman–Crippen MR) is 120 cm³/mol. The van der Waals surface area contributed by atoms with Gasteiger partial charge >= 0.3 is 0 Å². The van der Waals surface area contributed by atoms with Crippen LogP contribution in [0.3, 0.4) is 0 Å². The van der Waals surface area contributed by atoms with Gasteiger partial charge in [-0.1, -0.05) is 0 Å². The van der Waals surface area contributed by atoms with E-state index in [4.69, 9.17) is 9.97 Å². The Bertz CT molecular complexity index is 1170. The summed E-state index contributed by atoms with van der Waals surface area (Å²) in [5.41, 5.74) is 2.17. The van der Waals surface area contributed by atoms with Crippen LogP contribution in [0.5, 0.6) is 0 Å². The molecule has 1 aliphatic carbocycles. The molecule has 7 nitrogen and oxygen atoms in total. The van der Waals surface area contributed by atoms with Gasteiger partial charge in [0.1, 0.15) is 22.2 Å². The molecule has 5 rings (SSSR count). The number of hydrogen-bond donors (Lipinski definition) is 0. The minimum Gasteiger partial charge on any atom is -0.359 e. The minimum atomic E-state index is 0.654. The van der Waals surface area contributed by atoms with Gasteiger partial charge in [0.05, 0.1) is 11.6 Å². The van der Waals surface area contributed by atoms with Crippen LogP contribution in [0.25, 0.3) is 21.7 Å². The molecule has 0 saturated heterocycles. The van der Waals surface area contributed by atoms with Crippen molar-refractivity contribution in [3.05, 3.63) is 47.2 Å². The number of fused-ring (bicyclic) bond motifs is 3. The van der Waals surface area contributed by atoms with Crippen molar-refractivity contribution < 1.29 is 0 Å². The molecular formula is C22H25N7S. The first-order valence-electron chi connectivity index (χ1n) is 10.5. The summed E-state index contributed by atoms with van der Waals surface area (Å²) in [5, 5.41) is 1.24. The minimum absolute atomic E-state index is 0.654. The summed E-state index contributed by atoms with van der Waals surface area (Å²) >= 11 is 1.83. The number of rotatable bonds is 6. The Morgan fingerprint density at radius 3 is 2.80 bits per heavy atom. The summed E-state index contributed by atoms with van der Waals surface area (Å²) in [5.74, 6) is 2.72. The first-order chi connectivity index (χ1) is 14.7. The van der Waals surface area contributed by atoms with E-state index in [1.807, 2.05) is 30.7 Å². The quantitative estimate of drug-likeness (QED) is 0.469. The zero-order valence-corrected chi connectivity index (χ0v) is 18.2. The Balaban J connectivity index is 1.51. The van der Waals surface area contributed by atoms with Gasteiger partial charge in [-0.2, -0.15) is 0 Å². The van der Waals surface area contributed by atoms with Crippen LogP contribution in [0.1, 0.15) is 35.5 Å². The van der Waals surface area contributed by atoms with E-state index in [0.717, 1.165) is 54.5 Å². The van der Waals surface area contributed by atoms with E-state index in [1.165, 1.54) is 28.7 Å². The van der Waals surface area contributed by atoms with Crippen molar-refractivity contribution in [1.82, 2.24) is 29.5 Å². The van der Waals surface area contributed by atoms with Gasteiger partial charge in [-0.25, -0.2) is 19.9 Å². The maximum Gasteiger partial charge on any atom is 0.183 e. The third-order valence-electron chi connectivity index (χ3n) is 5.77. The largest absolute Gasteiger partial charge is 0.359 e. The number of anilines is 1. The Hall–Kier alpha value is -2.87. The Morgan fingerprint density at radius 2 is 2.00 bits per heavy atom. The standard InChI is InChI=1S/C22H25N7S/c1-15-24-10-13-29(15)12-5-11-28(2)21-19-16-6-3-4-7-18(16)30-22(19)27-20(26-21)17-14-23-8-9-25-17/h8-10,13-14H,3-7,11-12H2,1-2H3. The van der Waals surface area contributed by atoms with Crippen molar-refractivity contribution in [2.75, 3.05) is 18.5 Å². The van der Waals surface area contributed by atoms with Crippen LogP contribution >= 0.6 is 11.3 Å². The average molecular weight is 420 g/mol. The van der Waals surface area contributed by atoms with Crippen molar-refractivity contribution in [1.29, 1.82) is 0 Å². The van der Waals surface area contributed by atoms with Crippen molar-refractivity contribution in [2.45, 2.75) is 45.6 Å². The molecule has 0 radical (unpaired) electrons. The Morgan fingerprint density at radius 1 is 1.10 bits per heavy atom. The second-order valence-corrected chi connectivity index (χ2v) is 8.88. The molecule has 0 bridgehead atoms. The van der Waals surface area contributed by atoms with Gasteiger partial charge in [-0.15, -0.1) is 11.3 Å². The molecule has 0 saturated carbocycles. The molecule has 0 spiro atoms. The molecule has 0 N–H and O–H groups in total. The van der Waals surface area contributed by atoms with Crippen molar-refractivity contribution in [3.63, 3.8) is 0 Å². The van der Waals surface area contributed by atoms with E-state index in [9.17, 15) is 0 Å². The third kappa shape index (κ3) is 3.56. The fourth-order valence-electron chi connectivity index (χ4n) is 4.17. The monoisotopic (exact) mass is 419 g/mol. The molecule has 154 valence electrons. The maximum atomic E-state index is 4.98. The van der Waals surface area contributed by atoms with Crippen LogP contribution in [0.2, 0.25) is 0 Å². The van der Waals surface area contributed by atoms with Gasteiger partial charge in [0, 0.05) is 49.8 Å². The molecule has 0 unspecified atom stereocenters. The molecule has 0 aliphatic heterocycles. The van der Waals surface area contributed by atoms with E-state index >= 15 is 0 Å². The number of imidazole rings is 1. The molecule has 8 heteroatoms. The van der Waals surface area contributed by atoms with E-state index < -0.39 is 0 Å². The van der Waals surface area contributed by atoms with Gasteiger partial charge in [0.2, 0.25) is 0 Å². The average Bonchev–Trinajstić information content (AvgIpc) is 3.36. The zero-order chi connectivity index (χ0) is 20.5. The molecule has 4 aromatic heterocycles. The Labute approximate surface area is 179 Å². The molecule has 0 fully saturated rings. The van der Waals surface area contributed by atoms with Crippen LogP contribution in [-0.2, 0) is 19.4 Å². The highest BCUT2D eigenvalue weighted by atomic mass is 32.1. The topological polar surface area (TPSA) is 72.6 Å². The fourth-order valence-corrected chi connectivity index (χ4v) is 5.42. The molecule has 1 aliphatic rings. The van der Waals surface area contributed by atoms with E-state index in [2.05, 4.69) is 31.5 Å². The van der Waals surface area contributed by atoms with Crippen molar-refractivity contribution in [3.8, 4) is 11.5 Å². The predicted octanol–water partition coefficient (Wildman–Crippen LogP) is 4.06. The second kappa shape index (κ2) is 8.10. The number of nitrogens with zero attached hydrogens (tertiary/aromatic N) is 7. The molecule has 4 heterocycles. The zero-order valence-electron chi connectivity index (χ0n) is 17.4. The first-order valence-corrected chi connectivity index (χ1v) is 11.3. The van der Waals surface area contributed by atoms with E-state index in [1.54, 1.807) is 18.6 Å². The van der Waals surface area contributed by atoms with Crippen LogP contribution < -0.4 is 4.90 Å². The van der Waals surface area contributed by atoms with Gasteiger partial charge in [-0.05, 0) is 44.6 Å². The van der Waals surface area contributed by atoms with Gasteiger partial charge in [0.25, 0.3) is 0 Å². The highest BCUT2D eigenvalue weighted by Crippen LogP contribution is 2.40. The molecule has 30 heavy (non-hydrogen) atoms. The summed E-state index contributed by atoms with van der Waals surface area (Å²) in [7, 11) is 2.13. The SMILES string of the molecule is Cc1nccn1CCCN(C)c1nc(-c2cnccn2)nc2sc3c(c12)CCCC3. The molecule has 0 amide bonds. The van der Waals surface area contributed by atoms with Gasteiger partial charge in [0.15, 0.2) is 5.82 Å². The summed E-state index contributed by atoms with van der Waals surface area (Å²) in [6, 6.07) is 0. The fraction of sp³-hybridized carbons (Fsp3) is 0.409. The van der Waals surface area contributed by atoms with Crippen LogP contribution in [0.15, 0.2) is 31.0 Å². The third-order valence-corrected chi connectivity index (χ3v) is 6.95. The lowest BCUT2D eigenvalue weighted by Gasteiger charge is -2.21. The summed E-state index contributed by atoms with van der Waals surface area (Å²) < 4.78 is 2.20. The number of aromatic nitrogens is 6. The Kier molecular flexibility index (Phi) is 5.16. The summed E-state index contributed by atoms with van der Waals surface area (Å²) in [6.45, 7) is 3.90. The summed E-state index contributed by atoms with van der Waals surface area (Å²) in [4.78, 5) is 27.7. The van der Waals surface area contributed by atoms with Gasteiger partial charge in [-0.3, -0.25) is 4.98 Å². The van der Waals surface area contributed by atoms with Gasteiger partial charge < -0.3 is 9.47 Å². The lowest BCUT2D eigenvalue weighted by Crippen LogP contribution is -2.22. The smallest absolute Gasteiger partial charge is 0.183 e. The first kappa shape index (κ1) is 19.1. The normalized spacial score (nSPS) is 13.5. The lowest BCUT2D eigenvalue weighted by molar-refractivity contribution is 0.621. The molecule has 4 aromatic rings. The van der Waals surface area contributed by atoms with Crippen LogP contribution in [-0.4, -0.2) is 43.1 Å². The molecule has 0 atom stereocenters. The van der Waals surface area contributed by atoms with Crippen molar-refractivity contribution in [2.24, 2.45) is 0 Å². The van der Waals surface area contributed by atoms with E-state index in [-0.39, 0.29) is 0 Å². The van der Waals surface area contributed by atoms with Crippen LogP contribution in [0, 0.1) is 6.92 Å². The second-order valence-electron chi connectivity index (χ2n) is 7.80. The number of aryl methyl sites for hydroxylation is 4. The number of hydrogen-bond acceptors (Lipinski definition) is 7. The maximum absolute atomic E-state index is 4.98. The van der Waals surface area contributed by atoms with Crippen molar-refractivity contribution >= 4 is 27.4 Å². The lowest BCUT2D eigenvalue weighted by atomic mass is 9.97. The summed E-state index contributed by atoms with van der Waals surface area (Å²) in [6.07, 6.45) is 14.8. The van der Waals surface area contributed by atoms with Crippen LogP contribution in [0.4, 0.5) is 5.82 Å². The number of thiophene rings is 1.